The van der Waals surface area contributed by atoms with Crippen molar-refractivity contribution in [2.75, 3.05) is 5.32 Å². The number of thiazole rings is 1. The highest BCUT2D eigenvalue weighted by Gasteiger charge is 2.29. The fraction of sp³-hybridized carbons (Fsp3) is 0.300. The van der Waals surface area contributed by atoms with E-state index in [1.54, 1.807) is 52.0 Å². The van der Waals surface area contributed by atoms with Crippen molar-refractivity contribution in [1.82, 2.24) is 24.7 Å². The summed E-state index contributed by atoms with van der Waals surface area (Å²) < 4.78 is 6.15. The van der Waals surface area contributed by atoms with Gasteiger partial charge in [0.05, 0.1) is 16.6 Å². The third-order valence-electron chi connectivity index (χ3n) is 4.76. The van der Waals surface area contributed by atoms with Gasteiger partial charge in [-0.2, -0.15) is 4.98 Å². The standard InChI is InChI=1S/C20H20N6O4S/c1-9(2)14(26-18(28)12-7-5-6-8-13(12)23-20(26)29)16(27)24-19-21-10(3)15(31-19)17-22-11(4)25-30-17/h5-9,14H,1-4H3,(H,23,29)(H,21,24,27)/t14-/m0/s1. The topological polar surface area (TPSA) is 136 Å². The maximum atomic E-state index is 13.1. The van der Waals surface area contributed by atoms with E-state index in [1.165, 1.54) is 11.3 Å². The van der Waals surface area contributed by atoms with Gasteiger partial charge in [0.1, 0.15) is 10.9 Å². The van der Waals surface area contributed by atoms with E-state index in [0.717, 1.165) is 4.57 Å². The van der Waals surface area contributed by atoms with Crippen molar-refractivity contribution in [3.05, 3.63) is 56.6 Å². The van der Waals surface area contributed by atoms with Gasteiger partial charge in [-0.05, 0) is 31.9 Å². The van der Waals surface area contributed by atoms with Crippen molar-refractivity contribution in [3.63, 3.8) is 0 Å². The molecule has 1 atom stereocenters. The lowest BCUT2D eigenvalue weighted by Crippen LogP contribution is -2.44. The first-order valence-electron chi connectivity index (χ1n) is 9.58. The molecule has 11 heteroatoms. The second-order valence-corrected chi connectivity index (χ2v) is 8.41. The number of aromatic nitrogens is 5. The minimum absolute atomic E-state index is 0.310. The van der Waals surface area contributed by atoms with Crippen LogP contribution in [0.4, 0.5) is 5.13 Å². The maximum Gasteiger partial charge on any atom is 0.329 e. The second kappa shape index (κ2) is 7.91. The first-order valence-corrected chi connectivity index (χ1v) is 10.4. The molecule has 1 aromatic carbocycles. The average molecular weight is 440 g/mol. The number of benzene rings is 1. The molecule has 160 valence electrons. The largest absolute Gasteiger partial charge is 0.333 e. The van der Waals surface area contributed by atoms with E-state index in [9.17, 15) is 14.4 Å². The number of H-pyrrole nitrogens is 1. The predicted octanol–water partition coefficient (Wildman–Crippen LogP) is 2.65. The number of fused-ring (bicyclic) bond motifs is 1. The van der Waals surface area contributed by atoms with Crippen molar-refractivity contribution in [2.24, 2.45) is 5.92 Å². The Morgan fingerprint density at radius 3 is 2.61 bits per heavy atom. The van der Waals surface area contributed by atoms with Crippen LogP contribution < -0.4 is 16.6 Å². The van der Waals surface area contributed by atoms with E-state index >= 15 is 0 Å². The van der Waals surface area contributed by atoms with Gasteiger partial charge in [-0.15, -0.1) is 0 Å². The summed E-state index contributed by atoms with van der Waals surface area (Å²) in [6.07, 6.45) is 0. The van der Waals surface area contributed by atoms with Gasteiger partial charge in [-0.1, -0.05) is 42.5 Å². The fourth-order valence-corrected chi connectivity index (χ4v) is 4.25. The summed E-state index contributed by atoms with van der Waals surface area (Å²) in [6.45, 7) is 7.01. The van der Waals surface area contributed by atoms with Gasteiger partial charge in [0, 0.05) is 0 Å². The van der Waals surface area contributed by atoms with E-state index in [2.05, 4.69) is 25.4 Å². The highest BCUT2D eigenvalue weighted by atomic mass is 32.1. The second-order valence-electron chi connectivity index (χ2n) is 7.41. The number of hydrogen-bond donors (Lipinski definition) is 2. The first-order chi connectivity index (χ1) is 14.8. The third kappa shape index (κ3) is 3.79. The Morgan fingerprint density at radius 2 is 1.94 bits per heavy atom. The van der Waals surface area contributed by atoms with Gasteiger partial charge in [0.2, 0.25) is 5.91 Å². The molecule has 10 nitrogen and oxygen atoms in total. The predicted molar refractivity (Wildman–Crippen MR) is 116 cm³/mol. The normalized spacial score (nSPS) is 12.4. The van der Waals surface area contributed by atoms with Crippen molar-refractivity contribution in [2.45, 2.75) is 33.7 Å². The monoisotopic (exact) mass is 440 g/mol. The Morgan fingerprint density at radius 1 is 1.19 bits per heavy atom. The van der Waals surface area contributed by atoms with Crippen molar-refractivity contribution >= 4 is 33.3 Å². The number of carbonyl (C=O) groups excluding carboxylic acids is 1. The van der Waals surface area contributed by atoms with E-state index in [1.807, 2.05) is 0 Å². The zero-order chi connectivity index (χ0) is 22.3. The minimum Gasteiger partial charge on any atom is -0.333 e. The summed E-state index contributed by atoms with van der Waals surface area (Å²) in [5, 5.41) is 7.14. The van der Waals surface area contributed by atoms with Gasteiger partial charge in [-0.3, -0.25) is 9.59 Å². The third-order valence-corrected chi connectivity index (χ3v) is 5.82. The molecule has 0 aliphatic heterocycles. The highest BCUT2D eigenvalue weighted by molar-refractivity contribution is 7.19. The fourth-order valence-electron chi connectivity index (χ4n) is 3.36. The Balaban J connectivity index is 1.71. The number of rotatable bonds is 5. The molecular weight excluding hydrogens is 420 g/mol. The molecule has 0 spiro atoms. The van der Waals surface area contributed by atoms with Crippen molar-refractivity contribution < 1.29 is 9.32 Å². The van der Waals surface area contributed by atoms with Gasteiger partial charge in [0.15, 0.2) is 11.0 Å². The number of carbonyl (C=O) groups is 1. The summed E-state index contributed by atoms with van der Waals surface area (Å²) >= 11 is 1.18. The summed E-state index contributed by atoms with van der Waals surface area (Å²) in [7, 11) is 0. The summed E-state index contributed by atoms with van der Waals surface area (Å²) in [5.74, 6) is -0.0438. The van der Waals surface area contributed by atoms with Crippen LogP contribution in [0.1, 0.15) is 31.4 Å². The molecule has 4 rings (SSSR count). The van der Waals surface area contributed by atoms with E-state index in [4.69, 9.17) is 4.52 Å². The van der Waals surface area contributed by atoms with Crippen LogP contribution in [-0.2, 0) is 4.79 Å². The molecule has 0 aliphatic carbocycles. The summed E-state index contributed by atoms with van der Waals surface area (Å²) in [5.41, 5.74) is -0.127. The molecule has 0 radical (unpaired) electrons. The SMILES string of the molecule is Cc1noc(-c2sc(NC(=O)[C@H](C(C)C)n3c(=O)[nH]c4ccccc4c3=O)nc2C)n1. The van der Waals surface area contributed by atoms with Gasteiger partial charge in [0.25, 0.3) is 11.4 Å². The maximum absolute atomic E-state index is 13.1. The quantitative estimate of drug-likeness (QED) is 0.487. The van der Waals surface area contributed by atoms with E-state index in [-0.39, 0.29) is 5.92 Å². The molecule has 0 aliphatic rings. The Bertz CT molecular complexity index is 1400. The summed E-state index contributed by atoms with van der Waals surface area (Å²) in [4.78, 5) is 50.7. The Labute approximate surface area is 180 Å². The zero-order valence-corrected chi connectivity index (χ0v) is 18.1. The summed E-state index contributed by atoms with van der Waals surface area (Å²) in [6, 6.07) is 5.66. The lowest BCUT2D eigenvalue weighted by Gasteiger charge is -2.21. The number of aryl methyl sites for hydroxylation is 2. The zero-order valence-electron chi connectivity index (χ0n) is 17.3. The van der Waals surface area contributed by atoms with Crippen LogP contribution in [0.5, 0.6) is 0 Å². The van der Waals surface area contributed by atoms with Crippen LogP contribution in [0.15, 0.2) is 38.4 Å². The number of hydrogen-bond acceptors (Lipinski definition) is 8. The Hall–Kier alpha value is -3.60. The molecule has 0 bridgehead atoms. The van der Waals surface area contributed by atoms with E-state index < -0.39 is 23.2 Å². The highest BCUT2D eigenvalue weighted by Crippen LogP contribution is 2.32. The molecule has 0 fully saturated rings. The van der Waals surface area contributed by atoms with Crippen molar-refractivity contribution in [1.29, 1.82) is 0 Å². The first kappa shape index (κ1) is 20.7. The van der Waals surface area contributed by atoms with Crippen LogP contribution in [0.3, 0.4) is 0 Å². The van der Waals surface area contributed by atoms with Crippen LogP contribution in [0.25, 0.3) is 21.7 Å². The van der Waals surface area contributed by atoms with Gasteiger partial charge < -0.3 is 14.8 Å². The number of nitrogens with one attached hydrogen (secondary N) is 2. The molecule has 0 saturated carbocycles. The van der Waals surface area contributed by atoms with Crippen LogP contribution in [0, 0.1) is 19.8 Å². The number of para-hydroxylation sites is 1. The number of nitrogens with zero attached hydrogens (tertiary/aromatic N) is 4. The lowest BCUT2D eigenvalue weighted by molar-refractivity contribution is -0.120. The number of aromatic amines is 1. The molecule has 0 saturated heterocycles. The minimum atomic E-state index is -1.03. The molecule has 2 N–H and O–H groups in total. The van der Waals surface area contributed by atoms with Crippen LogP contribution >= 0.6 is 11.3 Å². The molecular formula is C20H20N6O4S. The van der Waals surface area contributed by atoms with Gasteiger partial charge >= 0.3 is 5.69 Å². The number of amides is 1. The van der Waals surface area contributed by atoms with Crippen LogP contribution in [0.2, 0.25) is 0 Å². The average Bonchev–Trinajstić information content (AvgIpc) is 3.29. The molecule has 31 heavy (non-hydrogen) atoms. The molecule has 3 heterocycles. The lowest BCUT2D eigenvalue weighted by atomic mass is 10.0. The Kier molecular flexibility index (Phi) is 5.27. The smallest absolute Gasteiger partial charge is 0.329 e. The molecule has 0 unspecified atom stereocenters. The van der Waals surface area contributed by atoms with Crippen molar-refractivity contribution in [3.8, 4) is 10.8 Å². The number of anilines is 1. The van der Waals surface area contributed by atoms with E-state index in [0.29, 0.717) is 38.3 Å². The molecule has 3 aromatic heterocycles. The molecule has 1 amide bonds. The van der Waals surface area contributed by atoms with Gasteiger partial charge in [-0.25, -0.2) is 14.3 Å². The molecule has 4 aromatic rings. The van der Waals surface area contributed by atoms with Crippen LogP contribution in [-0.4, -0.2) is 30.6 Å².